The van der Waals surface area contributed by atoms with Crippen molar-refractivity contribution in [3.05, 3.63) is 0 Å². The number of aliphatic hydroxyl groups is 2. The summed E-state index contributed by atoms with van der Waals surface area (Å²) in [6.45, 7) is 23.4. The first kappa shape index (κ1) is 27.8. The highest BCUT2D eigenvalue weighted by molar-refractivity contribution is 4.84. The van der Waals surface area contributed by atoms with Gasteiger partial charge in [-0.05, 0) is 58.3 Å². The van der Waals surface area contributed by atoms with Gasteiger partial charge in [-0.15, -0.1) is 0 Å². The molecule has 0 aliphatic heterocycles. The van der Waals surface area contributed by atoms with Crippen LogP contribution in [-0.4, -0.2) is 46.3 Å². The van der Waals surface area contributed by atoms with E-state index in [2.05, 4.69) is 41.5 Å². The summed E-state index contributed by atoms with van der Waals surface area (Å²) >= 11 is 0. The highest BCUT2D eigenvalue weighted by Crippen LogP contribution is 2.32. The molecule has 0 heterocycles. The van der Waals surface area contributed by atoms with Gasteiger partial charge in [-0.1, -0.05) is 54.4 Å². The van der Waals surface area contributed by atoms with E-state index in [0.717, 1.165) is 25.7 Å². The van der Waals surface area contributed by atoms with E-state index in [1.807, 2.05) is 34.6 Å². The molecule has 4 nitrogen and oxygen atoms in total. The maximum Gasteiger partial charge on any atom is 0.0885 e. The zero-order valence-electron chi connectivity index (χ0n) is 20.7. The fourth-order valence-corrected chi connectivity index (χ4v) is 3.36. The topological polar surface area (TPSA) is 58.9 Å². The Morgan fingerprint density at radius 1 is 0.714 bits per heavy atom. The molecule has 0 aromatic heterocycles. The van der Waals surface area contributed by atoms with E-state index in [4.69, 9.17) is 9.47 Å². The Morgan fingerprint density at radius 2 is 1.14 bits per heavy atom. The minimum absolute atomic E-state index is 0.111. The van der Waals surface area contributed by atoms with Crippen LogP contribution < -0.4 is 0 Å². The van der Waals surface area contributed by atoms with Crippen LogP contribution in [0.25, 0.3) is 0 Å². The zero-order chi connectivity index (χ0) is 22.4. The fraction of sp³-hybridized carbons (Fsp3) is 1.00. The van der Waals surface area contributed by atoms with E-state index in [1.165, 1.54) is 0 Å². The van der Waals surface area contributed by atoms with Crippen LogP contribution in [0.5, 0.6) is 0 Å². The van der Waals surface area contributed by atoms with Gasteiger partial charge in [0.25, 0.3) is 0 Å². The second-order valence-corrected chi connectivity index (χ2v) is 11.4. The van der Waals surface area contributed by atoms with Gasteiger partial charge in [0, 0.05) is 6.42 Å². The minimum Gasteiger partial charge on any atom is -0.393 e. The zero-order valence-corrected chi connectivity index (χ0v) is 20.7. The third-order valence-electron chi connectivity index (χ3n) is 6.34. The van der Waals surface area contributed by atoms with E-state index in [-0.39, 0.29) is 23.0 Å². The lowest BCUT2D eigenvalue weighted by Crippen LogP contribution is -2.46. The van der Waals surface area contributed by atoms with Gasteiger partial charge in [-0.25, -0.2) is 0 Å². The van der Waals surface area contributed by atoms with Gasteiger partial charge in [0.2, 0.25) is 0 Å². The van der Waals surface area contributed by atoms with Crippen LogP contribution >= 0.6 is 0 Å². The Morgan fingerprint density at radius 3 is 1.57 bits per heavy atom. The Bertz CT molecular complexity index is 440. The third kappa shape index (κ3) is 11.1. The van der Waals surface area contributed by atoms with E-state index >= 15 is 0 Å². The molecule has 3 unspecified atom stereocenters. The first-order valence-electron chi connectivity index (χ1n) is 11.1. The smallest absolute Gasteiger partial charge is 0.0885 e. The molecule has 0 saturated heterocycles. The summed E-state index contributed by atoms with van der Waals surface area (Å²) in [5.41, 5.74) is -0.736. The molecular weight excluding hydrogens is 352 g/mol. The van der Waals surface area contributed by atoms with Gasteiger partial charge in [0.05, 0.1) is 36.1 Å². The van der Waals surface area contributed by atoms with Gasteiger partial charge in [-0.3, -0.25) is 0 Å². The monoisotopic (exact) mass is 402 g/mol. The molecule has 0 spiro atoms. The molecule has 0 saturated carbocycles. The van der Waals surface area contributed by atoms with Crippen LogP contribution in [0.1, 0.15) is 108 Å². The molecule has 4 heteroatoms. The normalized spacial score (nSPS) is 17.5. The van der Waals surface area contributed by atoms with E-state index in [0.29, 0.717) is 13.0 Å². The molecule has 0 aromatic rings. The van der Waals surface area contributed by atoms with Crippen molar-refractivity contribution >= 4 is 0 Å². The Labute approximate surface area is 175 Å². The average molecular weight is 403 g/mol. The van der Waals surface area contributed by atoms with Gasteiger partial charge < -0.3 is 19.7 Å². The van der Waals surface area contributed by atoms with Gasteiger partial charge in [0.1, 0.15) is 0 Å². The molecule has 170 valence electrons. The van der Waals surface area contributed by atoms with Crippen LogP contribution in [0.3, 0.4) is 0 Å². The van der Waals surface area contributed by atoms with Crippen molar-refractivity contribution in [2.75, 3.05) is 6.61 Å². The summed E-state index contributed by atoms with van der Waals surface area (Å²) in [6.07, 6.45) is 3.11. The number of aliphatic hydroxyl groups excluding tert-OH is 2. The van der Waals surface area contributed by atoms with Crippen molar-refractivity contribution < 1.29 is 19.7 Å². The molecule has 0 amide bonds. The second-order valence-electron chi connectivity index (χ2n) is 11.4. The summed E-state index contributed by atoms with van der Waals surface area (Å²) < 4.78 is 12.4. The van der Waals surface area contributed by atoms with Crippen LogP contribution in [-0.2, 0) is 9.47 Å². The summed E-state index contributed by atoms with van der Waals surface area (Å²) in [4.78, 5) is 0. The SMILES string of the molecule is CCC(C)(C)CC(O)COC(C)(C)C(C)OC(C)(C)CC(O)CC(C)(C)CC. The van der Waals surface area contributed by atoms with Crippen molar-refractivity contribution in [3.8, 4) is 0 Å². The first-order valence-corrected chi connectivity index (χ1v) is 11.1. The molecule has 28 heavy (non-hydrogen) atoms. The highest BCUT2D eigenvalue weighted by Gasteiger charge is 2.35. The molecular formula is C24H50O4. The lowest BCUT2D eigenvalue weighted by atomic mass is 9.81. The Hall–Kier alpha value is -0.160. The van der Waals surface area contributed by atoms with E-state index in [9.17, 15) is 10.2 Å². The summed E-state index contributed by atoms with van der Waals surface area (Å²) in [5.74, 6) is 0. The summed E-state index contributed by atoms with van der Waals surface area (Å²) in [6, 6.07) is 0. The number of rotatable bonds is 14. The van der Waals surface area contributed by atoms with Crippen molar-refractivity contribution in [1.82, 2.24) is 0 Å². The minimum atomic E-state index is -0.526. The predicted molar refractivity (Wildman–Crippen MR) is 119 cm³/mol. The molecule has 0 aromatic carbocycles. The lowest BCUT2D eigenvalue weighted by molar-refractivity contribution is -0.183. The third-order valence-corrected chi connectivity index (χ3v) is 6.34. The Balaban J connectivity index is 4.68. The van der Waals surface area contributed by atoms with Crippen molar-refractivity contribution in [1.29, 1.82) is 0 Å². The van der Waals surface area contributed by atoms with E-state index < -0.39 is 17.3 Å². The fourth-order valence-electron chi connectivity index (χ4n) is 3.36. The maximum absolute atomic E-state index is 10.5. The standard InChI is InChI=1S/C24H50O4/c1-12-21(4,5)14-19(25)16-23(8,9)28-18(3)24(10,11)27-17-20(26)15-22(6,7)13-2/h18-20,25-26H,12-17H2,1-11H3. The van der Waals surface area contributed by atoms with Crippen LogP contribution in [0.2, 0.25) is 0 Å². The maximum atomic E-state index is 10.5. The quantitative estimate of drug-likeness (QED) is 0.389. The Kier molecular flexibility index (Phi) is 10.7. The molecule has 0 rings (SSSR count). The summed E-state index contributed by atoms with van der Waals surface area (Å²) in [7, 11) is 0. The molecule has 0 bridgehead atoms. The number of ether oxygens (including phenoxy) is 2. The second kappa shape index (κ2) is 10.7. The van der Waals surface area contributed by atoms with Crippen molar-refractivity contribution in [3.63, 3.8) is 0 Å². The molecule has 0 aliphatic carbocycles. The van der Waals surface area contributed by atoms with Crippen molar-refractivity contribution in [2.24, 2.45) is 10.8 Å². The van der Waals surface area contributed by atoms with Crippen LogP contribution in [0, 0.1) is 10.8 Å². The van der Waals surface area contributed by atoms with Crippen LogP contribution in [0.15, 0.2) is 0 Å². The first-order chi connectivity index (χ1) is 12.5. The van der Waals surface area contributed by atoms with Crippen LogP contribution in [0.4, 0.5) is 0 Å². The van der Waals surface area contributed by atoms with Gasteiger partial charge in [0.15, 0.2) is 0 Å². The molecule has 0 aliphatic rings. The molecule has 0 fully saturated rings. The van der Waals surface area contributed by atoms with Crippen molar-refractivity contribution in [2.45, 2.75) is 138 Å². The van der Waals surface area contributed by atoms with E-state index in [1.54, 1.807) is 0 Å². The highest BCUT2D eigenvalue weighted by atomic mass is 16.6. The van der Waals surface area contributed by atoms with Gasteiger partial charge in [-0.2, -0.15) is 0 Å². The largest absolute Gasteiger partial charge is 0.393 e. The van der Waals surface area contributed by atoms with Gasteiger partial charge >= 0.3 is 0 Å². The summed E-state index contributed by atoms with van der Waals surface area (Å²) in [5, 5.41) is 20.9. The lowest BCUT2D eigenvalue weighted by Gasteiger charge is -2.40. The molecule has 2 N–H and O–H groups in total. The number of hydrogen-bond donors (Lipinski definition) is 2. The molecule has 3 atom stereocenters. The average Bonchev–Trinajstić information content (AvgIpc) is 2.51. The predicted octanol–water partition coefficient (Wildman–Crippen LogP) is 5.73. The molecule has 0 radical (unpaired) electrons. The number of hydrogen-bond acceptors (Lipinski definition) is 4.